The molecule has 86 valence electrons. The molecule has 0 heterocycles. The molecule has 0 spiro atoms. The number of rotatable bonds is 4. The molecule has 5 nitrogen and oxygen atoms in total. The lowest BCUT2D eigenvalue weighted by Crippen LogP contribution is -1.95. The van der Waals surface area contributed by atoms with Crippen molar-refractivity contribution in [3.8, 4) is 23.6 Å². The number of methoxy groups -OCH3 is 2. The maximum atomic E-state index is 8.59. The molecule has 1 N–H and O–H groups in total. The van der Waals surface area contributed by atoms with Crippen molar-refractivity contribution < 1.29 is 9.47 Å². The van der Waals surface area contributed by atoms with Gasteiger partial charge in [0.25, 0.3) is 0 Å². The van der Waals surface area contributed by atoms with Gasteiger partial charge in [-0.25, -0.2) is 0 Å². The highest BCUT2D eigenvalue weighted by Gasteiger charge is 2.03. The number of benzene rings is 1. The van der Waals surface area contributed by atoms with Crippen molar-refractivity contribution in [1.29, 1.82) is 10.5 Å². The van der Waals surface area contributed by atoms with E-state index >= 15 is 0 Å². The van der Waals surface area contributed by atoms with Crippen LogP contribution in [0.15, 0.2) is 30.0 Å². The van der Waals surface area contributed by atoms with Gasteiger partial charge in [-0.15, -0.1) is 0 Å². The average molecular weight is 229 g/mol. The second-order valence-corrected chi connectivity index (χ2v) is 2.99. The summed E-state index contributed by atoms with van der Waals surface area (Å²) in [7, 11) is 3.09. The third-order valence-electron chi connectivity index (χ3n) is 2.02. The molecule has 0 saturated carbocycles. The van der Waals surface area contributed by atoms with Crippen LogP contribution in [-0.2, 0) is 0 Å². The van der Waals surface area contributed by atoms with Gasteiger partial charge in [-0.05, 0) is 12.1 Å². The first-order valence-corrected chi connectivity index (χ1v) is 4.74. The van der Waals surface area contributed by atoms with Gasteiger partial charge in [0.1, 0.15) is 29.2 Å². The molecule has 1 rings (SSSR count). The van der Waals surface area contributed by atoms with Crippen molar-refractivity contribution in [3.05, 3.63) is 30.0 Å². The molecule has 0 unspecified atom stereocenters. The molecular formula is C12H11N3O2. The second-order valence-electron chi connectivity index (χ2n) is 2.99. The van der Waals surface area contributed by atoms with Crippen molar-refractivity contribution in [2.45, 2.75) is 0 Å². The van der Waals surface area contributed by atoms with Crippen molar-refractivity contribution in [3.63, 3.8) is 0 Å². The number of allylic oxidation sites excluding steroid dienone is 1. The Bertz CT molecular complexity index is 493. The van der Waals surface area contributed by atoms with E-state index in [2.05, 4.69) is 5.32 Å². The molecule has 0 bridgehead atoms. The normalized spacial score (nSPS) is 8.47. The van der Waals surface area contributed by atoms with E-state index in [0.717, 1.165) is 0 Å². The van der Waals surface area contributed by atoms with E-state index in [0.29, 0.717) is 17.2 Å². The highest BCUT2D eigenvalue weighted by Crippen LogP contribution is 2.28. The Morgan fingerprint density at radius 1 is 1.24 bits per heavy atom. The zero-order valence-corrected chi connectivity index (χ0v) is 9.52. The van der Waals surface area contributed by atoms with Crippen LogP contribution in [0.2, 0.25) is 0 Å². The van der Waals surface area contributed by atoms with Gasteiger partial charge in [-0.3, -0.25) is 0 Å². The smallest absolute Gasteiger partial charge is 0.145 e. The summed E-state index contributed by atoms with van der Waals surface area (Å²) in [6, 6.07) is 8.70. The summed E-state index contributed by atoms with van der Waals surface area (Å²) in [5.74, 6) is 1.24. The molecule has 0 fully saturated rings. The monoisotopic (exact) mass is 229 g/mol. The van der Waals surface area contributed by atoms with Crippen LogP contribution in [0.5, 0.6) is 11.5 Å². The van der Waals surface area contributed by atoms with E-state index in [4.69, 9.17) is 20.0 Å². The standard InChI is InChI=1S/C12H11N3O2/c1-16-10-3-4-12(17-2)11(5-10)15-8-9(6-13)7-14/h3-5,8,15H,1-2H3. The Morgan fingerprint density at radius 3 is 2.47 bits per heavy atom. The fraction of sp³-hybridized carbons (Fsp3) is 0.167. The topological polar surface area (TPSA) is 78.1 Å². The molecule has 0 aromatic heterocycles. The summed E-state index contributed by atoms with van der Waals surface area (Å²) >= 11 is 0. The maximum Gasteiger partial charge on any atom is 0.145 e. The van der Waals surface area contributed by atoms with Crippen molar-refractivity contribution in [1.82, 2.24) is 0 Å². The molecule has 17 heavy (non-hydrogen) atoms. The van der Waals surface area contributed by atoms with Crippen LogP contribution in [0.4, 0.5) is 5.69 Å². The SMILES string of the molecule is COc1ccc(OC)c(NC=C(C#N)C#N)c1. The van der Waals surface area contributed by atoms with Gasteiger partial charge in [-0.2, -0.15) is 10.5 Å². The largest absolute Gasteiger partial charge is 0.497 e. The maximum absolute atomic E-state index is 8.59. The molecule has 0 radical (unpaired) electrons. The molecular weight excluding hydrogens is 218 g/mol. The Balaban J connectivity index is 3.01. The summed E-state index contributed by atoms with van der Waals surface area (Å²) in [4.78, 5) is 0. The zero-order chi connectivity index (χ0) is 12.7. The van der Waals surface area contributed by atoms with Crippen LogP contribution in [0.1, 0.15) is 0 Å². The third kappa shape index (κ3) is 3.15. The van der Waals surface area contributed by atoms with E-state index in [1.54, 1.807) is 37.4 Å². The fourth-order valence-corrected chi connectivity index (χ4v) is 1.17. The molecule has 0 amide bonds. The van der Waals surface area contributed by atoms with Gasteiger partial charge in [0.2, 0.25) is 0 Å². The van der Waals surface area contributed by atoms with Gasteiger partial charge in [-0.1, -0.05) is 0 Å². The highest BCUT2D eigenvalue weighted by molar-refractivity contribution is 5.62. The number of hydrogen-bond acceptors (Lipinski definition) is 5. The Kier molecular flexibility index (Phi) is 4.41. The summed E-state index contributed by atoms with van der Waals surface area (Å²) in [6.07, 6.45) is 1.32. The Labute approximate surface area is 99.5 Å². The van der Waals surface area contributed by atoms with E-state index in [1.807, 2.05) is 0 Å². The van der Waals surface area contributed by atoms with E-state index in [1.165, 1.54) is 13.3 Å². The van der Waals surface area contributed by atoms with Crippen molar-refractivity contribution >= 4 is 5.69 Å². The highest BCUT2D eigenvalue weighted by atomic mass is 16.5. The Hall–Kier alpha value is -2.66. The van der Waals surface area contributed by atoms with Crippen LogP contribution in [0.3, 0.4) is 0 Å². The number of nitrogens with zero attached hydrogens (tertiary/aromatic N) is 2. The van der Waals surface area contributed by atoms with Gasteiger partial charge in [0, 0.05) is 12.3 Å². The van der Waals surface area contributed by atoms with Crippen LogP contribution in [0.25, 0.3) is 0 Å². The van der Waals surface area contributed by atoms with Crippen LogP contribution >= 0.6 is 0 Å². The van der Waals surface area contributed by atoms with Gasteiger partial charge in [0.15, 0.2) is 0 Å². The number of nitrogens with one attached hydrogen (secondary N) is 1. The van der Waals surface area contributed by atoms with Crippen LogP contribution < -0.4 is 14.8 Å². The minimum absolute atomic E-state index is 0.0186. The number of anilines is 1. The molecule has 0 aliphatic carbocycles. The van der Waals surface area contributed by atoms with E-state index < -0.39 is 0 Å². The lowest BCUT2D eigenvalue weighted by Gasteiger charge is -2.09. The van der Waals surface area contributed by atoms with E-state index in [9.17, 15) is 0 Å². The van der Waals surface area contributed by atoms with Gasteiger partial charge >= 0.3 is 0 Å². The fourth-order valence-electron chi connectivity index (χ4n) is 1.17. The number of hydrogen-bond donors (Lipinski definition) is 1. The molecule has 5 heteroatoms. The van der Waals surface area contributed by atoms with Crippen molar-refractivity contribution in [2.24, 2.45) is 0 Å². The molecule has 0 saturated heterocycles. The van der Waals surface area contributed by atoms with Crippen LogP contribution in [-0.4, -0.2) is 14.2 Å². The van der Waals surface area contributed by atoms with Gasteiger partial charge < -0.3 is 14.8 Å². The quantitative estimate of drug-likeness (QED) is 0.799. The number of ether oxygens (including phenoxy) is 2. The summed E-state index contributed by atoms with van der Waals surface area (Å²) in [6.45, 7) is 0. The predicted molar refractivity (Wildman–Crippen MR) is 62.5 cm³/mol. The molecule has 0 aliphatic heterocycles. The average Bonchev–Trinajstić information content (AvgIpc) is 2.39. The summed E-state index contributed by atoms with van der Waals surface area (Å²) in [5.41, 5.74) is 0.602. The molecule has 1 aromatic carbocycles. The third-order valence-corrected chi connectivity index (χ3v) is 2.02. The minimum Gasteiger partial charge on any atom is -0.497 e. The second kappa shape index (κ2) is 6.04. The molecule has 1 aromatic rings. The first kappa shape index (κ1) is 12.4. The summed E-state index contributed by atoms with van der Waals surface area (Å²) in [5, 5.41) is 20.0. The van der Waals surface area contributed by atoms with E-state index in [-0.39, 0.29) is 5.57 Å². The first-order chi connectivity index (χ1) is 8.24. The predicted octanol–water partition coefficient (Wildman–Crippen LogP) is 2.05. The minimum atomic E-state index is -0.0186. The molecule has 0 atom stereocenters. The lowest BCUT2D eigenvalue weighted by molar-refractivity contribution is 0.405. The summed E-state index contributed by atoms with van der Waals surface area (Å²) < 4.78 is 10.2. The van der Waals surface area contributed by atoms with Crippen molar-refractivity contribution in [2.75, 3.05) is 19.5 Å². The zero-order valence-electron chi connectivity index (χ0n) is 9.52. The van der Waals surface area contributed by atoms with Gasteiger partial charge in [0.05, 0.1) is 19.9 Å². The number of nitriles is 2. The lowest BCUT2D eigenvalue weighted by atomic mass is 10.2. The van der Waals surface area contributed by atoms with Crippen LogP contribution in [0, 0.1) is 22.7 Å². The first-order valence-electron chi connectivity index (χ1n) is 4.74. The molecule has 0 aliphatic rings. The Morgan fingerprint density at radius 2 is 1.94 bits per heavy atom.